The van der Waals surface area contributed by atoms with Gasteiger partial charge >= 0.3 is 5.97 Å². The zero-order chi connectivity index (χ0) is 13.7. The average molecular weight is 248 g/mol. The summed E-state index contributed by atoms with van der Waals surface area (Å²) < 4.78 is 5.50. The van der Waals surface area contributed by atoms with Gasteiger partial charge in [0.1, 0.15) is 5.75 Å². The topological polar surface area (TPSA) is 46.5 Å². The SMILES string of the molecule is COc1c(C)c(C)cc(C)c1C1(C(=O)O)CC1C. The van der Waals surface area contributed by atoms with E-state index in [0.717, 1.165) is 28.0 Å². The van der Waals surface area contributed by atoms with Gasteiger partial charge in [0.15, 0.2) is 0 Å². The molecule has 0 aliphatic heterocycles. The first-order valence-electron chi connectivity index (χ1n) is 6.25. The highest BCUT2D eigenvalue weighted by Crippen LogP contribution is 2.58. The van der Waals surface area contributed by atoms with Gasteiger partial charge in [-0.2, -0.15) is 0 Å². The first-order chi connectivity index (χ1) is 8.36. The van der Waals surface area contributed by atoms with Crippen molar-refractivity contribution in [3.05, 3.63) is 28.3 Å². The minimum atomic E-state index is -0.742. The second-order valence-electron chi connectivity index (χ2n) is 5.43. The molecule has 1 aliphatic rings. The second kappa shape index (κ2) is 4.01. The average Bonchev–Trinajstić information content (AvgIpc) is 2.96. The second-order valence-corrected chi connectivity index (χ2v) is 5.43. The number of methoxy groups -OCH3 is 1. The Morgan fingerprint density at radius 1 is 1.39 bits per heavy atom. The highest BCUT2D eigenvalue weighted by molar-refractivity contribution is 5.88. The molecule has 0 saturated heterocycles. The molecule has 0 bridgehead atoms. The van der Waals surface area contributed by atoms with Gasteiger partial charge in [-0.15, -0.1) is 0 Å². The van der Waals surface area contributed by atoms with Gasteiger partial charge < -0.3 is 9.84 Å². The molecule has 0 radical (unpaired) electrons. The van der Waals surface area contributed by atoms with Crippen LogP contribution in [0.15, 0.2) is 6.07 Å². The van der Waals surface area contributed by atoms with Crippen LogP contribution in [0.5, 0.6) is 5.75 Å². The quantitative estimate of drug-likeness (QED) is 0.894. The maximum absolute atomic E-state index is 11.7. The van der Waals surface area contributed by atoms with Gasteiger partial charge in [0.2, 0.25) is 0 Å². The van der Waals surface area contributed by atoms with Crippen LogP contribution in [-0.4, -0.2) is 18.2 Å². The van der Waals surface area contributed by atoms with Gasteiger partial charge in [0, 0.05) is 5.56 Å². The first kappa shape index (κ1) is 12.9. The number of benzene rings is 1. The van der Waals surface area contributed by atoms with Gasteiger partial charge in [0.25, 0.3) is 0 Å². The molecule has 2 rings (SSSR count). The van der Waals surface area contributed by atoms with Crippen LogP contribution in [0.1, 0.15) is 35.6 Å². The predicted molar refractivity (Wildman–Crippen MR) is 70.3 cm³/mol. The van der Waals surface area contributed by atoms with Gasteiger partial charge in [-0.1, -0.05) is 13.0 Å². The van der Waals surface area contributed by atoms with Crippen LogP contribution >= 0.6 is 0 Å². The van der Waals surface area contributed by atoms with Gasteiger partial charge in [-0.3, -0.25) is 4.79 Å². The number of hydrogen-bond acceptors (Lipinski definition) is 2. The Kier molecular flexibility index (Phi) is 2.88. The molecule has 2 atom stereocenters. The van der Waals surface area contributed by atoms with E-state index in [1.54, 1.807) is 7.11 Å². The number of hydrogen-bond donors (Lipinski definition) is 1. The third-order valence-electron chi connectivity index (χ3n) is 4.33. The highest BCUT2D eigenvalue weighted by atomic mass is 16.5. The molecule has 18 heavy (non-hydrogen) atoms. The van der Waals surface area contributed by atoms with E-state index in [1.165, 1.54) is 0 Å². The Balaban J connectivity index is 2.72. The van der Waals surface area contributed by atoms with Crippen LogP contribution in [0.2, 0.25) is 0 Å². The van der Waals surface area contributed by atoms with Crippen molar-refractivity contribution in [2.45, 2.75) is 39.5 Å². The fourth-order valence-electron chi connectivity index (χ4n) is 3.04. The molecule has 1 aromatic carbocycles. The zero-order valence-electron chi connectivity index (χ0n) is 11.6. The fraction of sp³-hybridized carbons (Fsp3) is 0.533. The molecule has 1 saturated carbocycles. The fourth-order valence-corrected chi connectivity index (χ4v) is 3.04. The summed E-state index contributed by atoms with van der Waals surface area (Å²) in [7, 11) is 1.62. The molecule has 0 amide bonds. The van der Waals surface area contributed by atoms with Crippen molar-refractivity contribution >= 4 is 5.97 Å². The lowest BCUT2D eigenvalue weighted by atomic mass is 9.86. The summed E-state index contributed by atoms with van der Waals surface area (Å²) in [6.45, 7) is 7.97. The van der Waals surface area contributed by atoms with E-state index >= 15 is 0 Å². The predicted octanol–water partition coefficient (Wildman–Crippen LogP) is 2.98. The molecule has 3 heteroatoms. The van der Waals surface area contributed by atoms with Crippen molar-refractivity contribution in [3.63, 3.8) is 0 Å². The van der Waals surface area contributed by atoms with E-state index in [4.69, 9.17) is 4.74 Å². The number of rotatable bonds is 3. The molecule has 3 nitrogen and oxygen atoms in total. The number of carboxylic acid groups (broad SMARTS) is 1. The van der Waals surface area contributed by atoms with Crippen LogP contribution in [0.4, 0.5) is 0 Å². The number of carbonyl (C=O) groups is 1. The molecule has 2 unspecified atom stereocenters. The first-order valence-corrected chi connectivity index (χ1v) is 6.25. The molecule has 1 fully saturated rings. The number of aryl methyl sites for hydroxylation is 2. The third-order valence-corrected chi connectivity index (χ3v) is 4.33. The Morgan fingerprint density at radius 3 is 2.33 bits per heavy atom. The summed E-state index contributed by atoms with van der Waals surface area (Å²) in [5.74, 6) is 0.184. The van der Waals surface area contributed by atoms with Crippen molar-refractivity contribution in [2.75, 3.05) is 7.11 Å². The van der Waals surface area contributed by atoms with Crippen molar-refractivity contribution in [2.24, 2.45) is 5.92 Å². The standard InChI is InChI=1S/C15H20O3/c1-8-6-9(2)12(13(18-5)11(8)4)15(14(16)17)7-10(15)3/h6,10H,7H2,1-5H3,(H,16,17). The molecule has 0 spiro atoms. The number of ether oxygens (including phenoxy) is 1. The van der Waals surface area contributed by atoms with Crippen LogP contribution < -0.4 is 4.74 Å². The van der Waals surface area contributed by atoms with E-state index < -0.39 is 11.4 Å². The van der Waals surface area contributed by atoms with E-state index in [2.05, 4.69) is 6.07 Å². The Bertz CT molecular complexity index is 519. The smallest absolute Gasteiger partial charge is 0.314 e. The third kappa shape index (κ3) is 1.53. The largest absolute Gasteiger partial charge is 0.496 e. The summed E-state index contributed by atoms with van der Waals surface area (Å²) in [6.07, 6.45) is 0.696. The van der Waals surface area contributed by atoms with Crippen molar-refractivity contribution < 1.29 is 14.6 Å². The Hall–Kier alpha value is -1.51. The van der Waals surface area contributed by atoms with Crippen LogP contribution in [0.25, 0.3) is 0 Å². The van der Waals surface area contributed by atoms with Gasteiger partial charge in [-0.05, 0) is 49.8 Å². The molecule has 1 N–H and O–H groups in total. The monoisotopic (exact) mass is 248 g/mol. The summed E-state index contributed by atoms with van der Waals surface area (Å²) >= 11 is 0. The van der Waals surface area contributed by atoms with Crippen molar-refractivity contribution in [1.82, 2.24) is 0 Å². The molecular weight excluding hydrogens is 228 g/mol. The van der Waals surface area contributed by atoms with E-state index in [-0.39, 0.29) is 5.92 Å². The summed E-state index contributed by atoms with van der Waals surface area (Å²) in [5, 5.41) is 9.58. The normalized spacial score (nSPS) is 25.9. The molecular formula is C15H20O3. The van der Waals surface area contributed by atoms with Gasteiger partial charge in [0.05, 0.1) is 12.5 Å². The molecule has 0 aromatic heterocycles. The highest BCUT2D eigenvalue weighted by Gasteiger charge is 2.61. The number of aliphatic carboxylic acids is 1. The van der Waals surface area contributed by atoms with Crippen molar-refractivity contribution in [3.8, 4) is 5.75 Å². The zero-order valence-corrected chi connectivity index (χ0v) is 11.6. The number of carboxylic acids is 1. The van der Waals surface area contributed by atoms with Crippen LogP contribution in [-0.2, 0) is 10.2 Å². The van der Waals surface area contributed by atoms with E-state index in [1.807, 2.05) is 27.7 Å². The lowest BCUT2D eigenvalue weighted by molar-refractivity contribution is -0.140. The van der Waals surface area contributed by atoms with Gasteiger partial charge in [-0.25, -0.2) is 0 Å². The van der Waals surface area contributed by atoms with E-state index in [0.29, 0.717) is 6.42 Å². The minimum absolute atomic E-state index is 0.171. The molecule has 1 aromatic rings. The van der Waals surface area contributed by atoms with E-state index in [9.17, 15) is 9.90 Å². The van der Waals surface area contributed by atoms with Crippen LogP contribution in [0.3, 0.4) is 0 Å². The minimum Gasteiger partial charge on any atom is -0.496 e. The Labute approximate surface area is 108 Å². The summed E-state index contributed by atoms with van der Waals surface area (Å²) in [6, 6.07) is 2.06. The maximum Gasteiger partial charge on any atom is 0.314 e. The molecule has 1 aliphatic carbocycles. The van der Waals surface area contributed by atoms with Crippen molar-refractivity contribution in [1.29, 1.82) is 0 Å². The maximum atomic E-state index is 11.7. The Morgan fingerprint density at radius 2 is 1.94 bits per heavy atom. The molecule has 98 valence electrons. The molecule has 0 heterocycles. The van der Waals surface area contributed by atoms with Crippen LogP contribution in [0, 0.1) is 26.7 Å². The lowest BCUT2D eigenvalue weighted by Gasteiger charge is -2.22. The summed E-state index contributed by atoms with van der Waals surface area (Å²) in [4.78, 5) is 11.7. The lowest BCUT2D eigenvalue weighted by Crippen LogP contribution is -2.24. The summed E-state index contributed by atoms with van der Waals surface area (Å²) in [5.41, 5.74) is 3.32.